The van der Waals surface area contributed by atoms with E-state index in [-0.39, 0.29) is 9.80 Å². The van der Waals surface area contributed by atoms with Gasteiger partial charge in [0.05, 0.1) is 17.7 Å². The van der Waals surface area contributed by atoms with Crippen LogP contribution in [0.2, 0.25) is 0 Å². The summed E-state index contributed by atoms with van der Waals surface area (Å²) in [5, 5.41) is 0. The van der Waals surface area contributed by atoms with Gasteiger partial charge in [-0.15, -0.1) is 0 Å². The Kier molecular flexibility index (Phi) is 4.47. The van der Waals surface area contributed by atoms with E-state index in [4.69, 9.17) is 0 Å². The van der Waals surface area contributed by atoms with E-state index in [1.54, 1.807) is 17.0 Å². The molecule has 5 nitrogen and oxygen atoms in total. The summed E-state index contributed by atoms with van der Waals surface area (Å²) in [5.41, 5.74) is 3.32. The number of esters is 1. The third kappa shape index (κ3) is 3.09. The van der Waals surface area contributed by atoms with E-state index < -0.39 is 15.8 Å². The van der Waals surface area contributed by atoms with Crippen LogP contribution >= 0.6 is 15.9 Å². The van der Waals surface area contributed by atoms with Crippen molar-refractivity contribution in [3.05, 3.63) is 63.1 Å². The van der Waals surface area contributed by atoms with E-state index in [2.05, 4.69) is 20.7 Å². The number of ether oxygens (including phenoxy) is 1. The van der Waals surface area contributed by atoms with Crippen LogP contribution in [0.15, 0.2) is 56.9 Å². The number of aryl methyl sites for hydroxylation is 2. The SMILES string of the molecule is COC(=O)C1=CN(c2cc(C)cc(C)c2)c2cc(Br)ccc2S1(=O)=O. The molecule has 1 aliphatic heterocycles. The van der Waals surface area contributed by atoms with E-state index in [0.29, 0.717) is 5.69 Å². The Hall–Kier alpha value is -2.12. The first-order chi connectivity index (χ1) is 11.7. The molecule has 0 spiro atoms. The molecule has 0 bridgehead atoms. The van der Waals surface area contributed by atoms with Crippen LogP contribution in [-0.2, 0) is 19.4 Å². The molecule has 2 aromatic rings. The molecule has 1 aliphatic rings. The molecule has 0 atom stereocenters. The number of rotatable bonds is 2. The number of methoxy groups -OCH3 is 1. The van der Waals surface area contributed by atoms with E-state index in [9.17, 15) is 13.2 Å². The molecule has 2 aromatic carbocycles. The average molecular weight is 422 g/mol. The van der Waals surface area contributed by atoms with Crippen molar-refractivity contribution in [3.8, 4) is 0 Å². The monoisotopic (exact) mass is 421 g/mol. The predicted molar refractivity (Wildman–Crippen MR) is 99.5 cm³/mol. The molecule has 0 N–H and O–H groups in total. The molecule has 0 aromatic heterocycles. The number of halogens is 1. The highest BCUT2D eigenvalue weighted by atomic mass is 79.9. The van der Waals surface area contributed by atoms with Crippen LogP contribution in [0.1, 0.15) is 11.1 Å². The van der Waals surface area contributed by atoms with Gasteiger partial charge in [0.25, 0.3) is 0 Å². The van der Waals surface area contributed by atoms with Gasteiger partial charge in [0.1, 0.15) is 0 Å². The molecule has 1 heterocycles. The number of carbonyl (C=O) groups is 1. The van der Waals surface area contributed by atoms with Crippen LogP contribution in [0.25, 0.3) is 0 Å². The Morgan fingerprint density at radius 3 is 2.32 bits per heavy atom. The Labute approximate surface area is 155 Å². The molecule has 130 valence electrons. The van der Waals surface area contributed by atoms with Gasteiger partial charge in [-0.25, -0.2) is 13.2 Å². The minimum absolute atomic E-state index is 0.0674. The largest absolute Gasteiger partial charge is 0.465 e. The second-order valence-electron chi connectivity index (χ2n) is 5.82. The van der Waals surface area contributed by atoms with Gasteiger partial charge in [-0.3, -0.25) is 0 Å². The number of hydrogen-bond acceptors (Lipinski definition) is 5. The van der Waals surface area contributed by atoms with E-state index in [0.717, 1.165) is 28.4 Å². The Balaban J connectivity index is 2.32. The lowest BCUT2D eigenvalue weighted by atomic mass is 10.1. The van der Waals surface area contributed by atoms with Crippen LogP contribution in [0.3, 0.4) is 0 Å². The molecule has 0 radical (unpaired) electrons. The summed E-state index contributed by atoms with van der Waals surface area (Å²) in [6.07, 6.45) is 1.32. The van der Waals surface area contributed by atoms with Crippen molar-refractivity contribution in [2.75, 3.05) is 12.0 Å². The second kappa shape index (κ2) is 6.31. The van der Waals surface area contributed by atoms with Gasteiger partial charge < -0.3 is 9.64 Å². The number of carbonyl (C=O) groups excluding carboxylic acids is 1. The zero-order valence-electron chi connectivity index (χ0n) is 13.9. The zero-order valence-corrected chi connectivity index (χ0v) is 16.3. The van der Waals surface area contributed by atoms with E-state index in [1.165, 1.54) is 12.3 Å². The molecule has 0 unspecified atom stereocenters. The molecule has 0 saturated heterocycles. The number of benzene rings is 2. The third-order valence-electron chi connectivity index (χ3n) is 3.88. The number of sulfone groups is 1. The first kappa shape index (κ1) is 17.7. The lowest BCUT2D eigenvalue weighted by Gasteiger charge is -2.29. The van der Waals surface area contributed by atoms with Crippen LogP contribution in [0.5, 0.6) is 0 Å². The van der Waals surface area contributed by atoms with Crippen molar-refractivity contribution in [1.29, 1.82) is 0 Å². The molecular weight excluding hydrogens is 406 g/mol. The summed E-state index contributed by atoms with van der Waals surface area (Å²) in [6, 6.07) is 10.7. The van der Waals surface area contributed by atoms with Crippen LogP contribution in [0.4, 0.5) is 11.4 Å². The van der Waals surface area contributed by atoms with Gasteiger partial charge in [-0.05, 0) is 55.3 Å². The molecule has 0 saturated carbocycles. The molecule has 0 aliphatic carbocycles. The third-order valence-corrected chi connectivity index (χ3v) is 6.15. The smallest absolute Gasteiger partial charge is 0.351 e. The van der Waals surface area contributed by atoms with Crippen molar-refractivity contribution < 1.29 is 17.9 Å². The number of hydrogen-bond donors (Lipinski definition) is 0. The molecular formula is C18H16BrNO4S. The molecule has 3 rings (SSSR count). The summed E-state index contributed by atoms with van der Waals surface area (Å²) < 4.78 is 31.0. The Morgan fingerprint density at radius 2 is 1.72 bits per heavy atom. The molecule has 0 fully saturated rings. The highest BCUT2D eigenvalue weighted by molar-refractivity contribution is 9.10. The van der Waals surface area contributed by atoms with Crippen molar-refractivity contribution >= 4 is 43.1 Å². The highest BCUT2D eigenvalue weighted by Crippen LogP contribution is 2.41. The lowest BCUT2D eigenvalue weighted by molar-refractivity contribution is -0.135. The fourth-order valence-electron chi connectivity index (χ4n) is 2.85. The predicted octanol–water partition coefficient (Wildman–Crippen LogP) is 4.01. The summed E-state index contributed by atoms with van der Waals surface area (Å²) >= 11 is 3.38. The zero-order chi connectivity index (χ0) is 18.4. The van der Waals surface area contributed by atoms with Crippen LogP contribution in [0, 0.1) is 13.8 Å². The second-order valence-corrected chi connectivity index (χ2v) is 8.62. The normalized spacial score (nSPS) is 15.4. The lowest BCUT2D eigenvalue weighted by Crippen LogP contribution is -2.26. The summed E-state index contributed by atoms with van der Waals surface area (Å²) in [6.45, 7) is 3.92. The Morgan fingerprint density at radius 1 is 1.08 bits per heavy atom. The fraction of sp³-hybridized carbons (Fsp3) is 0.167. The van der Waals surface area contributed by atoms with Gasteiger partial charge in [-0.2, -0.15) is 0 Å². The highest BCUT2D eigenvalue weighted by Gasteiger charge is 2.36. The standard InChI is InChI=1S/C18H16BrNO4S/c1-11-6-12(2)8-14(7-11)20-10-17(18(21)24-3)25(22,23)16-5-4-13(19)9-15(16)20/h4-10H,1-3H3. The number of nitrogens with zero attached hydrogens (tertiary/aromatic N) is 1. The topological polar surface area (TPSA) is 63.7 Å². The summed E-state index contributed by atoms with van der Waals surface area (Å²) in [7, 11) is -2.78. The van der Waals surface area contributed by atoms with Crippen LogP contribution < -0.4 is 4.90 Å². The van der Waals surface area contributed by atoms with Crippen LogP contribution in [-0.4, -0.2) is 21.5 Å². The maximum atomic E-state index is 12.8. The minimum Gasteiger partial charge on any atom is -0.465 e. The van der Waals surface area contributed by atoms with Gasteiger partial charge in [0, 0.05) is 16.4 Å². The summed E-state index contributed by atoms with van der Waals surface area (Å²) in [4.78, 5) is 13.4. The number of anilines is 2. The number of fused-ring (bicyclic) bond motifs is 1. The van der Waals surface area contributed by atoms with E-state index >= 15 is 0 Å². The first-order valence-electron chi connectivity index (χ1n) is 7.46. The maximum absolute atomic E-state index is 12.8. The van der Waals surface area contributed by atoms with Crippen molar-refractivity contribution in [2.24, 2.45) is 0 Å². The van der Waals surface area contributed by atoms with Crippen molar-refractivity contribution in [3.63, 3.8) is 0 Å². The van der Waals surface area contributed by atoms with Gasteiger partial charge in [0.2, 0.25) is 9.84 Å². The van der Waals surface area contributed by atoms with E-state index in [1.807, 2.05) is 32.0 Å². The molecule has 0 amide bonds. The molecule has 25 heavy (non-hydrogen) atoms. The summed E-state index contributed by atoms with van der Waals surface area (Å²) in [5.74, 6) is -0.886. The van der Waals surface area contributed by atoms with Gasteiger partial charge in [0.15, 0.2) is 4.91 Å². The maximum Gasteiger partial charge on any atom is 0.351 e. The Bertz CT molecular complexity index is 991. The van der Waals surface area contributed by atoms with Crippen molar-refractivity contribution in [2.45, 2.75) is 18.7 Å². The first-order valence-corrected chi connectivity index (χ1v) is 9.74. The minimum atomic E-state index is -3.95. The fourth-order valence-corrected chi connectivity index (χ4v) is 4.66. The van der Waals surface area contributed by atoms with Crippen molar-refractivity contribution in [1.82, 2.24) is 0 Å². The van der Waals surface area contributed by atoms with Gasteiger partial charge >= 0.3 is 5.97 Å². The van der Waals surface area contributed by atoms with Gasteiger partial charge in [-0.1, -0.05) is 22.0 Å². The molecule has 7 heteroatoms. The quantitative estimate of drug-likeness (QED) is 0.685. The average Bonchev–Trinajstić information content (AvgIpc) is 2.53.